The fourth-order valence-electron chi connectivity index (χ4n) is 2.84. The fourth-order valence-corrected chi connectivity index (χ4v) is 3.66. The Kier molecular flexibility index (Phi) is 5.40. The molecule has 3 amide bonds. The second-order valence-corrected chi connectivity index (χ2v) is 6.99. The van der Waals surface area contributed by atoms with Gasteiger partial charge in [-0.05, 0) is 30.7 Å². The molecule has 0 radical (unpaired) electrons. The second kappa shape index (κ2) is 7.73. The van der Waals surface area contributed by atoms with Crippen LogP contribution in [0.2, 0.25) is 0 Å². The number of hydrogen-bond donors (Lipinski definition) is 0. The lowest BCUT2D eigenvalue weighted by molar-refractivity contribution is -0.402. The van der Waals surface area contributed by atoms with E-state index in [-0.39, 0.29) is 23.1 Å². The molecule has 3 heterocycles. The summed E-state index contributed by atoms with van der Waals surface area (Å²) in [6.07, 6.45) is 5.26. The first-order chi connectivity index (χ1) is 12.5. The molecule has 0 saturated carbocycles. The van der Waals surface area contributed by atoms with Gasteiger partial charge in [-0.2, -0.15) is 0 Å². The topological polar surface area (TPSA) is 114 Å². The molecule has 1 aromatic rings. The first-order valence-electron chi connectivity index (χ1n) is 8.23. The van der Waals surface area contributed by atoms with Crippen LogP contribution in [0.4, 0.5) is 10.7 Å². The van der Waals surface area contributed by atoms with Crippen molar-refractivity contribution < 1.29 is 23.7 Å². The molecule has 1 aromatic heterocycles. The number of imide groups is 1. The van der Waals surface area contributed by atoms with Crippen LogP contribution in [0.15, 0.2) is 21.5 Å². The quantitative estimate of drug-likeness (QED) is 0.449. The molecule has 10 heteroatoms. The minimum atomic E-state index is -0.692. The maximum absolute atomic E-state index is 12.4. The number of carbonyl (C=O) groups excluding carboxylic acids is 3. The van der Waals surface area contributed by atoms with Crippen LogP contribution in [0.5, 0.6) is 0 Å². The molecule has 138 valence electrons. The summed E-state index contributed by atoms with van der Waals surface area (Å²) in [5.41, 5.74) is 0. The van der Waals surface area contributed by atoms with E-state index < -0.39 is 22.0 Å². The van der Waals surface area contributed by atoms with Crippen LogP contribution in [0, 0.1) is 10.1 Å². The van der Waals surface area contributed by atoms with Gasteiger partial charge in [0.15, 0.2) is 0 Å². The van der Waals surface area contributed by atoms with E-state index in [0.29, 0.717) is 24.9 Å². The molecule has 0 bridgehead atoms. The molecule has 2 saturated heterocycles. The Morgan fingerprint density at radius 3 is 2.54 bits per heavy atom. The predicted molar refractivity (Wildman–Crippen MR) is 93.1 cm³/mol. The van der Waals surface area contributed by atoms with E-state index in [2.05, 4.69) is 0 Å². The molecule has 0 N–H and O–H groups in total. The van der Waals surface area contributed by atoms with Crippen LogP contribution in [0.1, 0.15) is 31.4 Å². The largest absolute Gasteiger partial charge is 0.433 e. The number of hydrogen-bond acceptors (Lipinski definition) is 7. The lowest BCUT2D eigenvalue weighted by atomic mass is 10.2. The molecule has 0 spiro atoms. The van der Waals surface area contributed by atoms with Crippen LogP contribution in [-0.2, 0) is 9.59 Å². The van der Waals surface area contributed by atoms with Crippen molar-refractivity contribution in [2.24, 2.45) is 0 Å². The number of rotatable bonds is 4. The van der Waals surface area contributed by atoms with Gasteiger partial charge in [-0.25, -0.2) is 0 Å². The molecule has 3 rings (SSSR count). The number of nitro groups is 1. The number of nitrogens with zero attached hydrogens (tertiary/aromatic N) is 3. The van der Waals surface area contributed by atoms with Crippen molar-refractivity contribution in [1.82, 2.24) is 9.80 Å². The summed E-state index contributed by atoms with van der Waals surface area (Å²) < 4.78 is 4.97. The molecular weight excluding hydrogens is 362 g/mol. The summed E-state index contributed by atoms with van der Waals surface area (Å²) >= 11 is 0.685. The van der Waals surface area contributed by atoms with Crippen LogP contribution >= 0.6 is 11.8 Å². The zero-order valence-electron chi connectivity index (χ0n) is 13.9. The first-order valence-corrected chi connectivity index (χ1v) is 9.05. The van der Waals surface area contributed by atoms with Crippen molar-refractivity contribution in [2.45, 2.75) is 25.7 Å². The monoisotopic (exact) mass is 379 g/mol. The minimum absolute atomic E-state index is 0.0721. The van der Waals surface area contributed by atoms with Crippen molar-refractivity contribution in [2.75, 3.05) is 19.6 Å². The van der Waals surface area contributed by atoms with Gasteiger partial charge in [0.1, 0.15) is 17.2 Å². The lowest BCUT2D eigenvalue weighted by Crippen LogP contribution is -2.42. The average Bonchev–Trinajstić information content (AvgIpc) is 3.04. The Bertz CT molecular complexity index is 779. The van der Waals surface area contributed by atoms with Gasteiger partial charge < -0.3 is 9.32 Å². The Hall–Kier alpha value is -2.62. The van der Waals surface area contributed by atoms with E-state index in [1.165, 1.54) is 18.2 Å². The molecule has 2 aliphatic heterocycles. The van der Waals surface area contributed by atoms with Crippen LogP contribution in [0.25, 0.3) is 6.08 Å². The summed E-state index contributed by atoms with van der Waals surface area (Å²) in [6.45, 7) is 0.988. The zero-order chi connectivity index (χ0) is 18.7. The van der Waals surface area contributed by atoms with Gasteiger partial charge in [0, 0.05) is 19.2 Å². The summed E-state index contributed by atoms with van der Waals surface area (Å²) in [5, 5.41) is 10.1. The third-order valence-electron chi connectivity index (χ3n) is 4.19. The zero-order valence-corrected chi connectivity index (χ0v) is 14.7. The van der Waals surface area contributed by atoms with E-state index in [4.69, 9.17) is 4.42 Å². The number of thioether (sulfide) groups is 1. The molecule has 9 nitrogen and oxygen atoms in total. The van der Waals surface area contributed by atoms with E-state index >= 15 is 0 Å². The van der Waals surface area contributed by atoms with Gasteiger partial charge in [0.05, 0.1) is 11.0 Å². The van der Waals surface area contributed by atoms with E-state index in [1.807, 2.05) is 0 Å². The lowest BCUT2D eigenvalue weighted by Gasteiger charge is -2.22. The SMILES string of the molecule is O=C(CN1C(=O)SC(=Cc2ccc([N+](=O)[O-])o2)C1=O)N1CCCCCC1. The molecule has 0 atom stereocenters. The molecule has 0 aliphatic carbocycles. The minimum Gasteiger partial charge on any atom is -0.401 e. The van der Waals surface area contributed by atoms with Gasteiger partial charge in [0.25, 0.3) is 11.1 Å². The van der Waals surface area contributed by atoms with Gasteiger partial charge in [-0.1, -0.05) is 12.8 Å². The summed E-state index contributed by atoms with van der Waals surface area (Å²) in [6, 6.07) is 2.51. The summed E-state index contributed by atoms with van der Waals surface area (Å²) in [7, 11) is 0. The number of likely N-dealkylation sites (tertiary alicyclic amines) is 1. The Morgan fingerprint density at radius 1 is 1.23 bits per heavy atom. The van der Waals surface area contributed by atoms with Crippen molar-refractivity contribution in [3.8, 4) is 0 Å². The Morgan fingerprint density at radius 2 is 1.92 bits per heavy atom. The Labute approximate surface area is 153 Å². The van der Waals surface area contributed by atoms with Crippen molar-refractivity contribution >= 4 is 40.8 Å². The average molecular weight is 379 g/mol. The van der Waals surface area contributed by atoms with Crippen LogP contribution in [0.3, 0.4) is 0 Å². The van der Waals surface area contributed by atoms with Gasteiger partial charge in [-0.3, -0.25) is 29.4 Å². The Balaban J connectivity index is 1.68. The summed E-state index contributed by atoms with van der Waals surface area (Å²) in [4.78, 5) is 49.5. The fraction of sp³-hybridized carbons (Fsp3) is 0.438. The third kappa shape index (κ3) is 3.96. The van der Waals surface area contributed by atoms with E-state index in [9.17, 15) is 24.5 Å². The number of carbonyl (C=O) groups is 3. The molecule has 0 aromatic carbocycles. The molecule has 26 heavy (non-hydrogen) atoms. The third-order valence-corrected chi connectivity index (χ3v) is 5.10. The maximum atomic E-state index is 12.4. The second-order valence-electron chi connectivity index (χ2n) is 6.00. The van der Waals surface area contributed by atoms with Crippen LogP contribution < -0.4 is 0 Å². The molecule has 2 fully saturated rings. The predicted octanol–water partition coefficient (Wildman–Crippen LogP) is 2.63. The van der Waals surface area contributed by atoms with Crippen molar-refractivity contribution in [1.29, 1.82) is 0 Å². The van der Waals surface area contributed by atoms with Crippen molar-refractivity contribution in [3.63, 3.8) is 0 Å². The smallest absolute Gasteiger partial charge is 0.401 e. The highest BCUT2D eigenvalue weighted by atomic mass is 32.2. The van der Waals surface area contributed by atoms with Gasteiger partial charge in [0.2, 0.25) is 5.91 Å². The normalized spacial score (nSPS) is 19.9. The maximum Gasteiger partial charge on any atom is 0.433 e. The standard InChI is InChI=1S/C16H17N3O6S/c20-13(17-7-3-1-2-4-8-17)10-18-15(21)12(26-16(18)22)9-11-5-6-14(25-11)19(23)24/h5-6,9H,1-4,7-8,10H2. The highest BCUT2D eigenvalue weighted by Gasteiger charge is 2.37. The van der Waals surface area contributed by atoms with Crippen molar-refractivity contribution in [3.05, 3.63) is 32.9 Å². The van der Waals surface area contributed by atoms with Crippen LogP contribution in [-0.4, -0.2) is 51.4 Å². The number of furan rings is 1. The summed E-state index contributed by atoms with van der Waals surface area (Å²) in [5.74, 6) is -1.20. The van der Waals surface area contributed by atoms with E-state index in [1.54, 1.807) is 4.90 Å². The van der Waals surface area contributed by atoms with Gasteiger partial charge in [-0.15, -0.1) is 0 Å². The molecule has 0 unspecified atom stereocenters. The van der Waals surface area contributed by atoms with E-state index in [0.717, 1.165) is 30.6 Å². The number of amides is 3. The highest BCUT2D eigenvalue weighted by Crippen LogP contribution is 2.33. The molecular formula is C16H17N3O6S. The first kappa shape index (κ1) is 18.2. The van der Waals surface area contributed by atoms with Gasteiger partial charge >= 0.3 is 5.88 Å². The highest BCUT2D eigenvalue weighted by molar-refractivity contribution is 8.18. The molecule has 2 aliphatic rings.